The van der Waals surface area contributed by atoms with Crippen molar-refractivity contribution in [1.29, 1.82) is 0 Å². The van der Waals surface area contributed by atoms with Crippen LogP contribution in [0.1, 0.15) is 16.8 Å². The molecule has 4 aromatic rings. The summed E-state index contributed by atoms with van der Waals surface area (Å²) in [5.74, 6) is -0.0856. The summed E-state index contributed by atoms with van der Waals surface area (Å²) >= 11 is 1.61. The number of anilines is 2. The van der Waals surface area contributed by atoms with Crippen molar-refractivity contribution in [3.63, 3.8) is 0 Å². The number of carbonyl (C=O) groups is 1. The molecule has 8 heteroatoms. The van der Waals surface area contributed by atoms with Gasteiger partial charge in [-0.05, 0) is 55.0 Å². The molecule has 0 bridgehead atoms. The number of sulfonamides is 1. The fraction of sp³-hybridized carbons (Fsp3) is 0.130. The number of nitrogens with one attached hydrogen (secondary N) is 1. The summed E-state index contributed by atoms with van der Waals surface area (Å²) in [6.45, 7) is 0.479. The van der Waals surface area contributed by atoms with Crippen LogP contribution in [0, 0.1) is 0 Å². The van der Waals surface area contributed by atoms with Gasteiger partial charge in [0.2, 0.25) is 10.0 Å². The maximum absolute atomic E-state index is 12.7. The number of rotatable bonds is 4. The van der Waals surface area contributed by atoms with E-state index in [1.165, 1.54) is 4.31 Å². The molecule has 3 aromatic carbocycles. The molecule has 1 amide bonds. The lowest BCUT2D eigenvalue weighted by molar-refractivity contribution is 0.102. The first kappa shape index (κ1) is 19.7. The molecule has 0 aliphatic carbocycles. The van der Waals surface area contributed by atoms with Gasteiger partial charge in [0.05, 0.1) is 21.7 Å². The molecule has 1 saturated heterocycles. The smallest absolute Gasteiger partial charge is 0.255 e. The lowest BCUT2D eigenvalue weighted by Crippen LogP contribution is -2.25. The number of nitrogens with zero attached hydrogens (tertiary/aromatic N) is 2. The summed E-state index contributed by atoms with van der Waals surface area (Å²) in [5.41, 5.74) is 3.62. The minimum Gasteiger partial charge on any atom is -0.322 e. The minimum absolute atomic E-state index is 0.167. The Hall–Kier alpha value is -3.23. The van der Waals surface area contributed by atoms with E-state index >= 15 is 0 Å². The SMILES string of the molecule is O=C(Nc1cccc(-c2nc3ccccc3s2)c1)c1ccc(N2CCCS2(=O)=O)cc1. The quantitative estimate of drug-likeness (QED) is 0.487. The highest BCUT2D eigenvalue weighted by Crippen LogP contribution is 2.31. The first-order valence-corrected chi connectivity index (χ1v) is 12.3. The zero-order valence-corrected chi connectivity index (χ0v) is 18.1. The number of para-hydroxylation sites is 1. The molecule has 156 valence electrons. The number of carbonyl (C=O) groups excluding carboxylic acids is 1. The van der Waals surface area contributed by atoms with Gasteiger partial charge in [-0.1, -0.05) is 24.3 Å². The Bertz CT molecular complexity index is 1350. The third kappa shape index (κ3) is 3.92. The van der Waals surface area contributed by atoms with E-state index in [-0.39, 0.29) is 11.7 Å². The lowest BCUT2D eigenvalue weighted by Gasteiger charge is -2.17. The predicted molar refractivity (Wildman–Crippen MR) is 125 cm³/mol. The third-order valence-corrected chi connectivity index (χ3v) is 8.13. The molecular weight excluding hydrogens is 430 g/mol. The van der Waals surface area contributed by atoms with Crippen LogP contribution in [0.15, 0.2) is 72.8 Å². The molecule has 0 saturated carbocycles. The van der Waals surface area contributed by atoms with E-state index < -0.39 is 10.0 Å². The molecule has 0 atom stereocenters. The van der Waals surface area contributed by atoms with Crippen LogP contribution in [0.3, 0.4) is 0 Å². The van der Waals surface area contributed by atoms with Crippen LogP contribution >= 0.6 is 11.3 Å². The average molecular weight is 450 g/mol. The molecule has 1 fully saturated rings. The Labute approximate surface area is 184 Å². The number of hydrogen-bond acceptors (Lipinski definition) is 5. The van der Waals surface area contributed by atoms with Crippen LogP contribution in [0.25, 0.3) is 20.8 Å². The van der Waals surface area contributed by atoms with Crippen LogP contribution in [0.4, 0.5) is 11.4 Å². The molecule has 1 N–H and O–H groups in total. The molecule has 31 heavy (non-hydrogen) atoms. The average Bonchev–Trinajstić information content (AvgIpc) is 3.36. The van der Waals surface area contributed by atoms with Gasteiger partial charge >= 0.3 is 0 Å². The highest BCUT2D eigenvalue weighted by atomic mass is 32.2. The topological polar surface area (TPSA) is 79.4 Å². The van der Waals surface area contributed by atoms with Crippen LogP contribution in [-0.2, 0) is 10.0 Å². The van der Waals surface area contributed by atoms with Gasteiger partial charge < -0.3 is 5.32 Å². The Morgan fingerprint density at radius 1 is 1.00 bits per heavy atom. The minimum atomic E-state index is -3.23. The van der Waals surface area contributed by atoms with E-state index in [1.807, 2.05) is 48.5 Å². The number of benzene rings is 3. The molecule has 1 aliphatic rings. The van der Waals surface area contributed by atoms with Crippen molar-refractivity contribution >= 4 is 48.9 Å². The van der Waals surface area contributed by atoms with Gasteiger partial charge in [0.15, 0.2) is 0 Å². The fourth-order valence-electron chi connectivity index (χ4n) is 3.64. The number of hydrogen-bond donors (Lipinski definition) is 1. The van der Waals surface area contributed by atoms with Crippen LogP contribution in [0.5, 0.6) is 0 Å². The second-order valence-corrected chi connectivity index (χ2v) is 10.4. The highest BCUT2D eigenvalue weighted by molar-refractivity contribution is 7.93. The Morgan fingerprint density at radius 3 is 2.55 bits per heavy atom. The zero-order valence-electron chi connectivity index (χ0n) is 16.5. The second-order valence-electron chi connectivity index (χ2n) is 7.31. The normalized spacial score (nSPS) is 15.3. The molecule has 0 unspecified atom stereocenters. The predicted octanol–water partition coefficient (Wildman–Crippen LogP) is 4.76. The number of thiazole rings is 1. The molecule has 1 aromatic heterocycles. The summed E-state index contributed by atoms with van der Waals surface area (Å²) in [4.78, 5) is 17.4. The van der Waals surface area contributed by atoms with Crippen molar-refractivity contribution in [3.05, 3.63) is 78.4 Å². The van der Waals surface area contributed by atoms with Gasteiger partial charge in [-0.15, -0.1) is 11.3 Å². The standard InChI is InChI=1S/C23H19N3O3S2/c27-22(16-9-11-19(12-10-16)26-13-4-14-31(26,28)29)24-18-6-3-5-17(15-18)23-25-20-7-1-2-8-21(20)30-23/h1-3,5-12,15H,4,13-14H2,(H,24,27). The van der Waals surface area contributed by atoms with Crippen molar-refractivity contribution in [1.82, 2.24) is 4.98 Å². The van der Waals surface area contributed by atoms with Crippen LogP contribution in [-0.4, -0.2) is 31.6 Å². The van der Waals surface area contributed by atoms with Crippen molar-refractivity contribution in [2.75, 3.05) is 21.9 Å². The maximum Gasteiger partial charge on any atom is 0.255 e. The summed E-state index contributed by atoms with van der Waals surface area (Å²) in [6, 6.07) is 22.2. The molecule has 0 radical (unpaired) electrons. The van der Waals surface area contributed by atoms with Gasteiger partial charge in [-0.3, -0.25) is 9.10 Å². The fourth-order valence-corrected chi connectivity index (χ4v) is 6.16. The van der Waals surface area contributed by atoms with E-state index in [2.05, 4.69) is 10.3 Å². The van der Waals surface area contributed by atoms with Gasteiger partial charge in [0.25, 0.3) is 5.91 Å². The van der Waals surface area contributed by atoms with E-state index in [1.54, 1.807) is 35.6 Å². The van der Waals surface area contributed by atoms with Crippen molar-refractivity contribution in [2.24, 2.45) is 0 Å². The van der Waals surface area contributed by atoms with Crippen molar-refractivity contribution in [3.8, 4) is 10.6 Å². The molecule has 1 aliphatic heterocycles. The number of aromatic nitrogens is 1. The number of amides is 1. The molecular formula is C23H19N3O3S2. The first-order chi connectivity index (χ1) is 15.0. The van der Waals surface area contributed by atoms with Crippen molar-refractivity contribution in [2.45, 2.75) is 6.42 Å². The number of fused-ring (bicyclic) bond motifs is 1. The maximum atomic E-state index is 12.7. The molecule has 2 heterocycles. The third-order valence-electron chi connectivity index (χ3n) is 5.18. The monoisotopic (exact) mass is 449 g/mol. The van der Waals surface area contributed by atoms with Gasteiger partial charge in [-0.2, -0.15) is 0 Å². The van der Waals surface area contributed by atoms with E-state index in [0.29, 0.717) is 29.9 Å². The van der Waals surface area contributed by atoms with Crippen LogP contribution in [0.2, 0.25) is 0 Å². The van der Waals surface area contributed by atoms with E-state index in [4.69, 9.17) is 0 Å². The summed E-state index contributed by atoms with van der Waals surface area (Å²) in [6.07, 6.45) is 0.621. The Kier molecular flexibility index (Phi) is 4.95. The van der Waals surface area contributed by atoms with Crippen LogP contribution < -0.4 is 9.62 Å². The molecule has 6 nitrogen and oxygen atoms in total. The van der Waals surface area contributed by atoms with E-state index in [9.17, 15) is 13.2 Å². The lowest BCUT2D eigenvalue weighted by atomic mass is 10.1. The summed E-state index contributed by atoms with van der Waals surface area (Å²) in [5, 5.41) is 3.81. The van der Waals surface area contributed by atoms with Gasteiger partial charge in [-0.25, -0.2) is 13.4 Å². The largest absolute Gasteiger partial charge is 0.322 e. The molecule has 0 spiro atoms. The van der Waals surface area contributed by atoms with E-state index in [0.717, 1.165) is 20.8 Å². The molecule has 5 rings (SSSR count). The Morgan fingerprint density at radius 2 is 1.81 bits per heavy atom. The second kappa shape index (κ2) is 7.79. The first-order valence-electron chi connectivity index (χ1n) is 9.87. The zero-order chi connectivity index (χ0) is 21.4. The van der Waals surface area contributed by atoms with Crippen molar-refractivity contribution < 1.29 is 13.2 Å². The summed E-state index contributed by atoms with van der Waals surface area (Å²) < 4.78 is 26.7. The Balaban J connectivity index is 1.34. The van der Waals surface area contributed by atoms with Gasteiger partial charge in [0.1, 0.15) is 5.01 Å². The van der Waals surface area contributed by atoms with Gasteiger partial charge in [0, 0.05) is 23.4 Å². The highest BCUT2D eigenvalue weighted by Gasteiger charge is 2.28. The summed E-state index contributed by atoms with van der Waals surface area (Å²) in [7, 11) is -3.23.